The standard InChI is InChI=1S/C10H19NO3Si/c1-5-11-7-6-10(8-11)9-15(12-2,13-3)14-4/h6-8H,5,9H2,1-4H3. The van der Waals surface area contributed by atoms with Gasteiger partial charge in [-0.05, 0) is 18.6 Å². The Morgan fingerprint density at radius 2 is 1.80 bits per heavy atom. The Labute approximate surface area is 92.1 Å². The van der Waals surface area contributed by atoms with Crippen LogP contribution in [0.3, 0.4) is 0 Å². The summed E-state index contributed by atoms with van der Waals surface area (Å²) in [6.07, 6.45) is 4.15. The molecule has 0 saturated heterocycles. The fraction of sp³-hybridized carbons (Fsp3) is 0.600. The third-order valence-corrected chi connectivity index (χ3v) is 5.24. The molecule has 0 unspecified atom stereocenters. The molecule has 15 heavy (non-hydrogen) atoms. The summed E-state index contributed by atoms with van der Waals surface area (Å²) in [5.74, 6) is 0. The lowest BCUT2D eigenvalue weighted by atomic mass is 10.4. The molecule has 0 aliphatic rings. The van der Waals surface area contributed by atoms with Crippen LogP contribution in [0.25, 0.3) is 0 Å². The molecular weight excluding hydrogens is 210 g/mol. The first-order chi connectivity index (χ1) is 7.19. The number of aromatic nitrogens is 1. The second-order valence-electron chi connectivity index (χ2n) is 3.32. The number of rotatable bonds is 6. The molecule has 0 spiro atoms. The van der Waals surface area contributed by atoms with Crippen LogP contribution >= 0.6 is 0 Å². The van der Waals surface area contributed by atoms with E-state index < -0.39 is 8.80 Å². The summed E-state index contributed by atoms with van der Waals surface area (Å²) in [4.78, 5) is 0. The molecule has 0 radical (unpaired) electrons. The molecule has 0 aliphatic carbocycles. The van der Waals surface area contributed by atoms with Crippen LogP contribution in [-0.4, -0.2) is 34.7 Å². The van der Waals surface area contributed by atoms with Gasteiger partial charge in [0.2, 0.25) is 0 Å². The van der Waals surface area contributed by atoms with Gasteiger partial charge in [-0.15, -0.1) is 0 Å². The highest BCUT2D eigenvalue weighted by Crippen LogP contribution is 2.14. The Balaban J connectivity index is 2.73. The van der Waals surface area contributed by atoms with E-state index in [4.69, 9.17) is 13.3 Å². The number of hydrogen-bond donors (Lipinski definition) is 0. The summed E-state index contributed by atoms with van der Waals surface area (Å²) in [7, 11) is 2.43. The molecule has 0 aliphatic heterocycles. The Kier molecular flexibility index (Phi) is 4.53. The van der Waals surface area contributed by atoms with E-state index in [9.17, 15) is 0 Å². The van der Waals surface area contributed by atoms with Crippen LogP contribution in [0.4, 0.5) is 0 Å². The molecule has 1 heterocycles. The molecule has 0 atom stereocenters. The lowest BCUT2D eigenvalue weighted by Gasteiger charge is -2.23. The molecule has 0 bridgehead atoms. The normalized spacial score (nSPS) is 12.0. The zero-order chi connectivity index (χ0) is 11.3. The first-order valence-corrected chi connectivity index (χ1v) is 6.93. The van der Waals surface area contributed by atoms with E-state index in [2.05, 4.69) is 30.0 Å². The maximum atomic E-state index is 5.37. The van der Waals surface area contributed by atoms with E-state index in [1.807, 2.05) is 0 Å². The molecule has 0 saturated carbocycles. The van der Waals surface area contributed by atoms with Gasteiger partial charge in [0.1, 0.15) is 0 Å². The van der Waals surface area contributed by atoms with Crippen molar-refractivity contribution in [1.29, 1.82) is 0 Å². The van der Waals surface area contributed by atoms with E-state index >= 15 is 0 Å². The summed E-state index contributed by atoms with van der Waals surface area (Å²) in [5, 5.41) is 0. The molecule has 1 aromatic rings. The third-order valence-electron chi connectivity index (χ3n) is 2.53. The summed E-state index contributed by atoms with van der Waals surface area (Å²) >= 11 is 0. The molecule has 1 aromatic heterocycles. The second-order valence-corrected chi connectivity index (χ2v) is 6.27. The predicted molar refractivity (Wildman–Crippen MR) is 60.6 cm³/mol. The lowest BCUT2D eigenvalue weighted by Crippen LogP contribution is -2.45. The van der Waals surface area contributed by atoms with Crippen LogP contribution in [0.5, 0.6) is 0 Å². The zero-order valence-corrected chi connectivity index (χ0v) is 10.8. The van der Waals surface area contributed by atoms with Crippen LogP contribution in [0.2, 0.25) is 0 Å². The smallest absolute Gasteiger partial charge is 0.377 e. The Bertz CT molecular complexity index is 288. The van der Waals surface area contributed by atoms with Gasteiger partial charge in [0, 0.05) is 46.3 Å². The van der Waals surface area contributed by atoms with Crippen molar-refractivity contribution >= 4 is 8.80 Å². The van der Waals surface area contributed by atoms with Crippen LogP contribution < -0.4 is 0 Å². The van der Waals surface area contributed by atoms with Crippen molar-refractivity contribution in [3.8, 4) is 0 Å². The average Bonchev–Trinajstić information content (AvgIpc) is 2.73. The minimum Gasteiger partial charge on any atom is -0.377 e. The average molecular weight is 229 g/mol. The minimum atomic E-state index is -2.47. The van der Waals surface area contributed by atoms with Gasteiger partial charge in [-0.1, -0.05) is 0 Å². The monoisotopic (exact) mass is 229 g/mol. The first-order valence-electron chi connectivity index (χ1n) is 4.99. The molecule has 0 N–H and O–H groups in total. The molecule has 4 nitrogen and oxygen atoms in total. The zero-order valence-electron chi connectivity index (χ0n) is 9.82. The minimum absolute atomic E-state index is 0.712. The quantitative estimate of drug-likeness (QED) is 0.692. The van der Waals surface area contributed by atoms with Crippen molar-refractivity contribution in [3.05, 3.63) is 24.0 Å². The van der Waals surface area contributed by atoms with Gasteiger partial charge in [0.05, 0.1) is 0 Å². The number of hydrogen-bond acceptors (Lipinski definition) is 3. The Hall–Kier alpha value is -0.623. The maximum Gasteiger partial charge on any atom is 0.504 e. The fourth-order valence-corrected chi connectivity index (χ4v) is 3.15. The molecule has 0 fully saturated rings. The predicted octanol–water partition coefficient (Wildman–Crippen LogP) is 1.47. The van der Waals surface area contributed by atoms with Gasteiger partial charge in [0.15, 0.2) is 0 Å². The van der Waals surface area contributed by atoms with Crippen molar-refractivity contribution in [2.24, 2.45) is 0 Å². The summed E-state index contributed by atoms with van der Waals surface area (Å²) in [5.41, 5.74) is 1.19. The highest BCUT2D eigenvalue weighted by atomic mass is 28.4. The van der Waals surface area contributed by atoms with Gasteiger partial charge in [-0.2, -0.15) is 0 Å². The van der Waals surface area contributed by atoms with Gasteiger partial charge in [-0.25, -0.2) is 0 Å². The van der Waals surface area contributed by atoms with Crippen LogP contribution in [0.15, 0.2) is 18.5 Å². The van der Waals surface area contributed by atoms with E-state index in [1.54, 1.807) is 21.3 Å². The molecule has 86 valence electrons. The van der Waals surface area contributed by atoms with Crippen LogP contribution in [-0.2, 0) is 25.9 Å². The molecule has 0 aromatic carbocycles. The van der Waals surface area contributed by atoms with Crippen LogP contribution in [0, 0.1) is 0 Å². The first kappa shape index (κ1) is 12.4. The van der Waals surface area contributed by atoms with E-state index in [1.165, 1.54) is 5.56 Å². The molecule has 1 rings (SSSR count). The van der Waals surface area contributed by atoms with Crippen molar-refractivity contribution in [2.75, 3.05) is 21.3 Å². The van der Waals surface area contributed by atoms with Crippen LogP contribution in [0.1, 0.15) is 12.5 Å². The van der Waals surface area contributed by atoms with E-state index in [0.29, 0.717) is 6.04 Å². The van der Waals surface area contributed by atoms with Crippen molar-refractivity contribution in [1.82, 2.24) is 4.57 Å². The largest absolute Gasteiger partial charge is 0.504 e. The van der Waals surface area contributed by atoms with Gasteiger partial charge >= 0.3 is 8.80 Å². The molecular formula is C10H19NO3Si. The lowest BCUT2D eigenvalue weighted by molar-refractivity contribution is 0.122. The summed E-state index contributed by atoms with van der Waals surface area (Å²) in [6.45, 7) is 3.08. The van der Waals surface area contributed by atoms with Gasteiger partial charge in [-0.3, -0.25) is 0 Å². The number of aryl methyl sites for hydroxylation is 1. The van der Waals surface area contributed by atoms with Gasteiger partial charge < -0.3 is 17.8 Å². The summed E-state index contributed by atoms with van der Waals surface area (Å²) in [6, 6.07) is 2.78. The van der Waals surface area contributed by atoms with Crippen molar-refractivity contribution < 1.29 is 13.3 Å². The SMILES string of the molecule is CCn1ccc(C[Si](OC)(OC)OC)c1. The third kappa shape index (κ3) is 2.91. The second kappa shape index (κ2) is 5.46. The Morgan fingerprint density at radius 1 is 1.20 bits per heavy atom. The highest BCUT2D eigenvalue weighted by molar-refractivity contribution is 6.60. The Morgan fingerprint density at radius 3 is 2.20 bits per heavy atom. The van der Waals surface area contributed by atoms with Crippen molar-refractivity contribution in [2.45, 2.75) is 19.5 Å². The van der Waals surface area contributed by atoms with Crippen molar-refractivity contribution in [3.63, 3.8) is 0 Å². The topological polar surface area (TPSA) is 32.6 Å². The number of nitrogens with zero attached hydrogens (tertiary/aromatic N) is 1. The highest BCUT2D eigenvalue weighted by Gasteiger charge is 2.38. The fourth-order valence-electron chi connectivity index (χ4n) is 1.51. The van der Waals surface area contributed by atoms with E-state index in [0.717, 1.165) is 6.54 Å². The molecule has 5 heteroatoms. The summed E-state index contributed by atoms with van der Waals surface area (Å²) < 4.78 is 18.2. The van der Waals surface area contributed by atoms with E-state index in [-0.39, 0.29) is 0 Å². The van der Waals surface area contributed by atoms with Gasteiger partial charge in [0.25, 0.3) is 0 Å². The molecule has 0 amide bonds. The maximum absolute atomic E-state index is 5.37.